The van der Waals surface area contributed by atoms with Gasteiger partial charge in [-0.3, -0.25) is 9.59 Å². The minimum absolute atomic E-state index is 0.354. The van der Waals surface area contributed by atoms with Crippen LogP contribution < -0.4 is 18.9 Å². The number of fused-ring (bicyclic) bond motifs is 1. The van der Waals surface area contributed by atoms with Crippen molar-refractivity contribution in [2.24, 2.45) is 0 Å². The number of hydrogen-bond acceptors (Lipinski definition) is 6. The van der Waals surface area contributed by atoms with Crippen LogP contribution in [-0.2, 0) is 9.59 Å². The molecule has 0 bridgehead atoms. The Labute approximate surface area is 150 Å². The fraction of sp³-hybridized carbons (Fsp3) is 0.200. The molecule has 1 heterocycles. The highest BCUT2D eigenvalue weighted by Gasteiger charge is 2.16. The van der Waals surface area contributed by atoms with Crippen LogP contribution in [0.4, 0.5) is 0 Å². The summed E-state index contributed by atoms with van der Waals surface area (Å²) in [5.74, 6) is 1.14. The minimum atomic E-state index is -0.409. The molecule has 1 aliphatic heterocycles. The molecule has 0 aromatic heterocycles. The van der Waals surface area contributed by atoms with Crippen LogP contribution in [0, 0.1) is 0 Å². The largest absolute Gasteiger partial charge is 0.493 e. The van der Waals surface area contributed by atoms with E-state index in [0.29, 0.717) is 29.6 Å². The predicted molar refractivity (Wildman–Crippen MR) is 95.4 cm³/mol. The summed E-state index contributed by atoms with van der Waals surface area (Å²) in [5.41, 5.74) is 2.73. The number of methoxy groups -OCH3 is 1. The third-order valence-corrected chi connectivity index (χ3v) is 3.75. The first-order valence-corrected chi connectivity index (χ1v) is 7.99. The first kappa shape index (κ1) is 17.5. The second kappa shape index (κ2) is 7.31. The van der Waals surface area contributed by atoms with Gasteiger partial charge in [0.1, 0.15) is 18.1 Å². The van der Waals surface area contributed by atoms with Crippen LogP contribution in [-0.4, -0.2) is 25.7 Å². The van der Waals surface area contributed by atoms with Crippen molar-refractivity contribution in [1.29, 1.82) is 0 Å². The molecule has 0 fully saturated rings. The van der Waals surface area contributed by atoms with E-state index in [9.17, 15) is 9.59 Å². The van der Waals surface area contributed by atoms with Gasteiger partial charge in [0.15, 0.2) is 11.5 Å². The van der Waals surface area contributed by atoms with Crippen LogP contribution in [0.25, 0.3) is 11.6 Å². The average Bonchev–Trinajstić information content (AvgIpc) is 2.60. The maximum absolute atomic E-state index is 11.2. The standard InChI is InChI=1S/C20H18O6/c1-12(21)25-17-6-4-15-8-16(11-24-19(15)10-17)14-5-7-18(26-13(2)22)20(9-14)23-3/h4-10H,11H2,1-3H3. The van der Waals surface area contributed by atoms with Crippen LogP contribution in [0.15, 0.2) is 36.4 Å². The molecule has 0 unspecified atom stereocenters. The van der Waals surface area contributed by atoms with Crippen LogP contribution in [0.2, 0.25) is 0 Å². The Kier molecular flexibility index (Phi) is 4.93. The highest BCUT2D eigenvalue weighted by molar-refractivity contribution is 5.86. The summed E-state index contributed by atoms with van der Waals surface area (Å²) in [7, 11) is 1.52. The summed E-state index contributed by atoms with van der Waals surface area (Å²) in [5, 5.41) is 0. The highest BCUT2D eigenvalue weighted by Crippen LogP contribution is 2.36. The van der Waals surface area contributed by atoms with Crippen LogP contribution in [0.1, 0.15) is 25.0 Å². The summed E-state index contributed by atoms with van der Waals surface area (Å²) < 4.78 is 21.3. The third kappa shape index (κ3) is 3.85. The molecule has 26 heavy (non-hydrogen) atoms. The lowest BCUT2D eigenvalue weighted by Crippen LogP contribution is -2.08. The molecule has 0 saturated heterocycles. The molecule has 2 aromatic rings. The van der Waals surface area contributed by atoms with E-state index >= 15 is 0 Å². The third-order valence-electron chi connectivity index (χ3n) is 3.75. The van der Waals surface area contributed by atoms with Crippen molar-refractivity contribution in [2.75, 3.05) is 13.7 Å². The number of carbonyl (C=O) groups is 2. The Morgan fingerprint density at radius 3 is 2.42 bits per heavy atom. The summed E-state index contributed by atoms with van der Waals surface area (Å²) >= 11 is 0. The van der Waals surface area contributed by atoms with Gasteiger partial charge in [-0.25, -0.2) is 0 Å². The van der Waals surface area contributed by atoms with Crippen molar-refractivity contribution in [2.45, 2.75) is 13.8 Å². The summed E-state index contributed by atoms with van der Waals surface area (Å²) in [6.07, 6.45) is 2.00. The van der Waals surface area contributed by atoms with Gasteiger partial charge < -0.3 is 18.9 Å². The first-order chi connectivity index (χ1) is 12.5. The summed E-state index contributed by atoms with van der Waals surface area (Å²) in [6.45, 7) is 3.05. The van der Waals surface area contributed by atoms with Crippen molar-refractivity contribution >= 4 is 23.6 Å². The number of hydrogen-bond donors (Lipinski definition) is 0. The smallest absolute Gasteiger partial charge is 0.308 e. The molecule has 1 aliphatic rings. The van der Waals surface area contributed by atoms with Gasteiger partial charge in [0, 0.05) is 25.5 Å². The van der Waals surface area contributed by atoms with E-state index < -0.39 is 5.97 Å². The Morgan fingerprint density at radius 1 is 0.962 bits per heavy atom. The molecule has 0 saturated carbocycles. The van der Waals surface area contributed by atoms with Gasteiger partial charge >= 0.3 is 11.9 Å². The van der Waals surface area contributed by atoms with E-state index in [1.807, 2.05) is 18.2 Å². The second-order valence-corrected chi connectivity index (χ2v) is 5.71. The Morgan fingerprint density at radius 2 is 1.73 bits per heavy atom. The molecule has 0 aliphatic carbocycles. The lowest BCUT2D eigenvalue weighted by Gasteiger charge is -2.19. The molecule has 0 spiro atoms. The van der Waals surface area contributed by atoms with Crippen molar-refractivity contribution < 1.29 is 28.5 Å². The Bertz CT molecular complexity index is 897. The quantitative estimate of drug-likeness (QED) is 0.618. The molecule has 6 nitrogen and oxygen atoms in total. The van der Waals surface area contributed by atoms with E-state index in [2.05, 4.69) is 0 Å². The van der Waals surface area contributed by atoms with Crippen molar-refractivity contribution in [1.82, 2.24) is 0 Å². The van der Waals surface area contributed by atoms with Gasteiger partial charge in [-0.15, -0.1) is 0 Å². The topological polar surface area (TPSA) is 71.1 Å². The Hall–Kier alpha value is -3.28. The number of rotatable bonds is 4. The minimum Gasteiger partial charge on any atom is -0.493 e. The van der Waals surface area contributed by atoms with Crippen molar-refractivity contribution in [3.8, 4) is 23.0 Å². The zero-order valence-electron chi connectivity index (χ0n) is 14.7. The van der Waals surface area contributed by atoms with Gasteiger partial charge in [0.25, 0.3) is 0 Å². The SMILES string of the molecule is COc1cc(C2=Cc3ccc(OC(C)=O)cc3OC2)ccc1OC(C)=O. The van der Waals surface area contributed by atoms with E-state index in [1.54, 1.807) is 24.3 Å². The zero-order valence-corrected chi connectivity index (χ0v) is 14.7. The van der Waals surface area contributed by atoms with E-state index in [4.69, 9.17) is 18.9 Å². The lowest BCUT2D eigenvalue weighted by molar-refractivity contribution is -0.132. The maximum atomic E-state index is 11.2. The van der Waals surface area contributed by atoms with Crippen molar-refractivity contribution in [3.05, 3.63) is 47.5 Å². The summed E-state index contributed by atoms with van der Waals surface area (Å²) in [4.78, 5) is 22.2. The van der Waals surface area contributed by atoms with E-state index in [1.165, 1.54) is 21.0 Å². The van der Waals surface area contributed by atoms with Crippen molar-refractivity contribution in [3.63, 3.8) is 0 Å². The van der Waals surface area contributed by atoms with Gasteiger partial charge in [-0.2, -0.15) is 0 Å². The first-order valence-electron chi connectivity index (χ1n) is 7.99. The predicted octanol–water partition coefficient (Wildman–Crippen LogP) is 3.48. The molecule has 2 aromatic carbocycles. The van der Waals surface area contributed by atoms with E-state index in [0.717, 1.165) is 16.7 Å². The van der Waals surface area contributed by atoms with Crippen LogP contribution in [0.3, 0.4) is 0 Å². The highest BCUT2D eigenvalue weighted by atomic mass is 16.6. The van der Waals surface area contributed by atoms with Crippen LogP contribution in [0.5, 0.6) is 23.0 Å². The normalized spacial score (nSPS) is 12.3. The lowest BCUT2D eigenvalue weighted by atomic mass is 10.0. The number of carbonyl (C=O) groups excluding carboxylic acids is 2. The fourth-order valence-electron chi connectivity index (χ4n) is 2.65. The van der Waals surface area contributed by atoms with Gasteiger partial charge in [0.05, 0.1) is 7.11 Å². The van der Waals surface area contributed by atoms with Gasteiger partial charge in [0.2, 0.25) is 0 Å². The van der Waals surface area contributed by atoms with E-state index in [-0.39, 0.29) is 5.97 Å². The number of esters is 2. The van der Waals surface area contributed by atoms with Gasteiger partial charge in [-0.05, 0) is 41.5 Å². The molecule has 0 atom stereocenters. The average molecular weight is 354 g/mol. The Balaban J connectivity index is 1.90. The molecule has 3 rings (SSSR count). The second-order valence-electron chi connectivity index (χ2n) is 5.71. The molecule has 0 N–H and O–H groups in total. The molecular formula is C20H18O6. The van der Waals surface area contributed by atoms with Gasteiger partial charge in [-0.1, -0.05) is 6.07 Å². The number of ether oxygens (including phenoxy) is 4. The molecule has 134 valence electrons. The molecular weight excluding hydrogens is 336 g/mol. The summed E-state index contributed by atoms with van der Waals surface area (Å²) in [6, 6.07) is 10.6. The number of benzene rings is 2. The molecule has 0 amide bonds. The molecule has 6 heteroatoms. The zero-order chi connectivity index (χ0) is 18.7. The monoisotopic (exact) mass is 354 g/mol. The molecule has 0 radical (unpaired) electrons. The van der Waals surface area contributed by atoms with Crippen LogP contribution >= 0.6 is 0 Å². The maximum Gasteiger partial charge on any atom is 0.308 e. The fourth-order valence-corrected chi connectivity index (χ4v) is 2.65.